The molecule has 0 saturated heterocycles. The summed E-state index contributed by atoms with van der Waals surface area (Å²) in [6, 6.07) is 4.87. The van der Waals surface area contributed by atoms with E-state index in [9.17, 15) is 14.0 Å². The predicted molar refractivity (Wildman–Crippen MR) is 58.9 cm³/mol. The Bertz CT molecular complexity index is 577. The molecule has 0 saturated carbocycles. The minimum absolute atomic E-state index is 0.112. The van der Waals surface area contributed by atoms with Gasteiger partial charge in [-0.15, -0.1) is 11.3 Å². The summed E-state index contributed by atoms with van der Waals surface area (Å²) in [6.45, 7) is 0. The van der Waals surface area contributed by atoms with Gasteiger partial charge in [-0.3, -0.25) is 4.79 Å². The van der Waals surface area contributed by atoms with Gasteiger partial charge in [-0.05, 0) is 24.3 Å². The fourth-order valence-electron chi connectivity index (χ4n) is 1.30. The number of ketones is 1. The Labute approximate surface area is 99.4 Å². The molecule has 0 radical (unpaired) electrons. The van der Waals surface area contributed by atoms with Gasteiger partial charge in [0, 0.05) is 5.56 Å². The van der Waals surface area contributed by atoms with E-state index in [0.29, 0.717) is 0 Å². The van der Waals surface area contributed by atoms with Crippen LogP contribution in [0.25, 0.3) is 0 Å². The lowest BCUT2D eigenvalue weighted by Crippen LogP contribution is -2.08. The van der Waals surface area contributed by atoms with E-state index in [0.717, 1.165) is 23.5 Å². The summed E-state index contributed by atoms with van der Waals surface area (Å²) in [5, 5.41) is 8.85. The molecule has 4 nitrogen and oxygen atoms in total. The number of rotatable bonds is 3. The molecule has 17 heavy (non-hydrogen) atoms. The van der Waals surface area contributed by atoms with Crippen LogP contribution in [0.3, 0.4) is 0 Å². The van der Waals surface area contributed by atoms with Gasteiger partial charge in [-0.2, -0.15) is 0 Å². The number of hydrogen-bond acceptors (Lipinski definition) is 4. The van der Waals surface area contributed by atoms with Gasteiger partial charge >= 0.3 is 5.97 Å². The van der Waals surface area contributed by atoms with Gasteiger partial charge in [0.25, 0.3) is 0 Å². The summed E-state index contributed by atoms with van der Waals surface area (Å²) in [5.41, 5.74) is 1.38. The molecule has 0 fully saturated rings. The van der Waals surface area contributed by atoms with Gasteiger partial charge < -0.3 is 5.11 Å². The van der Waals surface area contributed by atoms with Crippen LogP contribution in [0.1, 0.15) is 25.7 Å². The van der Waals surface area contributed by atoms with Crippen molar-refractivity contribution in [2.75, 3.05) is 0 Å². The van der Waals surface area contributed by atoms with E-state index in [1.54, 1.807) is 0 Å². The molecule has 1 aromatic heterocycles. The molecule has 1 N–H and O–H groups in total. The van der Waals surface area contributed by atoms with Crippen LogP contribution in [0.4, 0.5) is 4.39 Å². The molecule has 0 bridgehead atoms. The lowest BCUT2D eigenvalue weighted by atomic mass is 10.1. The molecule has 86 valence electrons. The van der Waals surface area contributed by atoms with Crippen molar-refractivity contribution >= 4 is 23.1 Å². The molecular formula is C11H6FNO3S. The summed E-state index contributed by atoms with van der Waals surface area (Å²) in [7, 11) is 0. The Hall–Kier alpha value is -2.08. The zero-order valence-electron chi connectivity index (χ0n) is 8.38. The normalized spacial score (nSPS) is 10.2. The van der Waals surface area contributed by atoms with Gasteiger partial charge in [0.1, 0.15) is 16.4 Å². The number of nitrogens with zero attached hydrogens (tertiary/aromatic N) is 1. The third-order valence-electron chi connectivity index (χ3n) is 2.08. The van der Waals surface area contributed by atoms with Crippen molar-refractivity contribution in [3.05, 3.63) is 51.7 Å². The van der Waals surface area contributed by atoms with Gasteiger partial charge in [-0.25, -0.2) is 14.2 Å². The fraction of sp³-hybridized carbons (Fsp3) is 0. The molecule has 2 aromatic rings. The van der Waals surface area contributed by atoms with E-state index in [1.165, 1.54) is 17.6 Å². The van der Waals surface area contributed by atoms with E-state index in [1.807, 2.05) is 0 Å². The van der Waals surface area contributed by atoms with Crippen molar-refractivity contribution in [3.63, 3.8) is 0 Å². The van der Waals surface area contributed by atoms with Crippen LogP contribution in [-0.4, -0.2) is 21.8 Å². The summed E-state index contributed by atoms with van der Waals surface area (Å²) < 4.78 is 12.7. The van der Waals surface area contributed by atoms with Crippen molar-refractivity contribution in [2.24, 2.45) is 0 Å². The molecule has 1 aromatic carbocycles. The van der Waals surface area contributed by atoms with Crippen molar-refractivity contribution < 1.29 is 19.1 Å². The van der Waals surface area contributed by atoms with E-state index >= 15 is 0 Å². The molecule has 0 aliphatic heterocycles. The smallest absolute Gasteiger partial charge is 0.348 e. The number of carboxylic acids is 1. The molecule has 0 atom stereocenters. The van der Waals surface area contributed by atoms with Crippen LogP contribution in [0.2, 0.25) is 0 Å². The largest absolute Gasteiger partial charge is 0.477 e. The maximum atomic E-state index is 12.7. The number of carboxylic acid groups (broad SMARTS) is 1. The molecule has 0 amide bonds. The first kappa shape index (κ1) is 11.4. The molecule has 0 aliphatic carbocycles. The van der Waals surface area contributed by atoms with Crippen LogP contribution in [0.15, 0.2) is 29.8 Å². The van der Waals surface area contributed by atoms with Crippen LogP contribution < -0.4 is 0 Å². The number of carbonyl (C=O) groups excluding carboxylic acids is 1. The third kappa shape index (κ3) is 2.21. The topological polar surface area (TPSA) is 67.3 Å². The lowest BCUT2D eigenvalue weighted by Gasteiger charge is -1.98. The van der Waals surface area contributed by atoms with Crippen LogP contribution in [-0.2, 0) is 0 Å². The van der Waals surface area contributed by atoms with E-state index < -0.39 is 17.6 Å². The van der Waals surface area contributed by atoms with Crippen LogP contribution >= 0.6 is 11.3 Å². The van der Waals surface area contributed by atoms with Crippen molar-refractivity contribution in [2.45, 2.75) is 0 Å². The number of hydrogen-bond donors (Lipinski definition) is 1. The zero-order chi connectivity index (χ0) is 12.4. The number of thiazole rings is 1. The first-order valence-corrected chi connectivity index (χ1v) is 5.44. The number of aromatic carboxylic acids is 1. The number of aromatic nitrogens is 1. The first-order valence-electron chi connectivity index (χ1n) is 4.56. The SMILES string of the molecule is O=C(c1ccc(F)cc1)c1ncsc1C(=O)O. The van der Waals surface area contributed by atoms with Gasteiger partial charge in [-0.1, -0.05) is 0 Å². The van der Waals surface area contributed by atoms with Crippen molar-refractivity contribution in [1.82, 2.24) is 4.98 Å². The molecule has 1 heterocycles. The van der Waals surface area contributed by atoms with Crippen LogP contribution in [0, 0.1) is 5.82 Å². The second kappa shape index (κ2) is 4.42. The predicted octanol–water partition coefficient (Wildman–Crippen LogP) is 2.21. The number of carbonyl (C=O) groups is 2. The highest BCUT2D eigenvalue weighted by molar-refractivity contribution is 7.12. The Kier molecular flexibility index (Phi) is 2.97. The fourth-order valence-corrected chi connectivity index (χ4v) is 1.92. The second-order valence-electron chi connectivity index (χ2n) is 3.17. The highest BCUT2D eigenvalue weighted by Crippen LogP contribution is 2.17. The summed E-state index contributed by atoms with van der Waals surface area (Å²) >= 11 is 0.878. The Morgan fingerprint density at radius 2 is 1.88 bits per heavy atom. The van der Waals surface area contributed by atoms with Gasteiger partial charge in [0.15, 0.2) is 0 Å². The van der Waals surface area contributed by atoms with Gasteiger partial charge in [0.05, 0.1) is 5.51 Å². The third-order valence-corrected chi connectivity index (χ3v) is 2.90. The van der Waals surface area contributed by atoms with Crippen LogP contribution in [0.5, 0.6) is 0 Å². The maximum Gasteiger partial charge on any atom is 0.348 e. The van der Waals surface area contributed by atoms with E-state index in [4.69, 9.17) is 5.11 Å². The zero-order valence-corrected chi connectivity index (χ0v) is 9.20. The molecule has 0 spiro atoms. The Balaban J connectivity index is 2.40. The number of halogens is 1. The first-order chi connectivity index (χ1) is 8.09. The molecule has 0 unspecified atom stereocenters. The Morgan fingerprint density at radius 3 is 2.47 bits per heavy atom. The average Bonchev–Trinajstić information content (AvgIpc) is 2.78. The Morgan fingerprint density at radius 1 is 1.24 bits per heavy atom. The highest BCUT2D eigenvalue weighted by atomic mass is 32.1. The second-order valence-corrected chi connectivity index (χ2v) is 4.03. The summed E-state index contributed by atoms with van der Waals surface area (Å²) in [6.07, 6.45) is 0. The van der Waals surface area contributed by atoms with Gasteiger partial charge in [0.2, 0.25) is 5.78 Å². The maximum absolute atomic E-state index is 12.7. The van der Waals surface area contributed by atoms with Crippen molar-refractivity contribution in [1.29, 1.82) is 0 Å². The molecule has 0 aliphatic rings. The average molecular weight is 251 g/mol. The molecule has 2 rings (SSSR count). The quantitative estimate of drug-likeness (QED) is 0.849. The van der Waals surface area contributed by atoms with E-state index in [-0.39, 0.29) is 16.1 Å². The monoisotopic (exact) mass is 251 g/mol. The standard InChI is InChI=1S/C11H6FNO3S/c12-7-3-1-6(2-4-7)9(14)8-10(11(15)16)17-5-13-8/h1-5H,(H,15,16). The molecule has 6 heteroatoms. The lowest BCUT2D eigenvalue weighted by molar-refractivity contribution is 0.0698. The summed E-state index contributed by atoms with van der Waals surface area (Å²) in [5.74, 6) is -2.18. The number of benzene rings is 1. The van der Waals surface area contributed by atoms with Crippen molar-refractivity contribution in [3.8, 4) is 0 Å². The van der Waals surface area contributed by atoms with E-state index in [2.05, 4.69) is 4.98 Å². The molecular weight excluding hydrogens is 245 g/mol. The minimum Gasteiger partial charge on any atom is -0.477 e. The highest BCUT2D eigenvalue weighted by Gasteiger charge is 2.21. The summed E-state index contributed by atoms with van der Waals surface area (Å²) in [4.78, 5) is 26.4. The minimum atomic E-state index is -1.20.